The molecule has 0 spiro atoms. The number of carbonyl (C=O) groups excluding carboxylic acids is 2. The van der Waals surface area contributed by atoms with Gasteiger partial charge in [-0.15, -0.1) is 0 Å². The Morgan fingerprint density at radius 1 is 1.06 bits per heavy atom. The summed E-state index contributed by atoms with van der Waals surface area (Å²) < 4.78 is 14.4. The molecule has 0 fully saturated rings. The van der Waals surface area contributed by atoms with E-state index in [9.17, 15) is 14.0 Å². The third kappa shape index (κ3) is 4.52. The lowest BCUT2D eigenvalue weighted by atomic mass is 10.1. The van der Waals surface area contributed by atoms with Crippen molar-refractivity contribution in [2.75, 3.05) is 0 Å². The van der Waals surface area contributed by atoms with Crippen LogP contribution >= 0.6 is 0 Å². The average Bonchev–Trinajstić information content (AvgIpc) is 3.24. The van der Waals surface area contributed by atoms with E-state index in [-0.39, 0.29) is 28.6 Å². The van der Waals surface area contributed by atoms with Gasteiger partial charge in [0, 0.05) is 34.5 Å². The van der Waals surface area contributed by atoms with Crippen LogP contribution in [0.1, 0.15) is 31.8 Å². The maximum atomic E-state index is 12.9. The smallest absolute Gasteiger partial charge is 0.262 e. The second-order valence-corrected chi connectivity index (χ2v) is 6.63. The van der Waals surface area contributed by atoms with Gasteiger partial charge in [0.25, 0.3) is 5.91 Å². The van der Waals surface area contributed by atoms with Crippen LogP contribution in [-0.2, 0) is 0 Å². The minimum absolute atomic E-state index is 0.0475. The maximum Gasteiger partial charge on any atom is 0.262 e. The van der Waals surface area contributed by atoms with Crippen molar-refractivity contribution in [1.82, 2.24) is 4.57 Å². The molecule has 4 aromatic rings. The third-order valence-corrected chi connectivity index (χ3v) is 4.63. The number of carbonyl (C=O) groups is 2. The molecule has 7 nitrogen and oxygen atoms in total. The highest BCUT2D eigenvalue weighted by atomic mass is 19.1. The maximum absolute atomic E-state index is 12.9. The Morgan fingerprint density at radius 2 is 1.75 bits per heavy atom. The average molecular weight is 428 g/mol. The molecule has 0 aliphatic carbocycles. The number of halogens is 1. The summed E-state index contributed by atoms with van der Waals surface area (Å²) in [6.07, 6.45) is 2.93. The Balaban J connectivity index is 0.000000207. The molecule has 0 saturated heterocycles. The van der Waals surface area contributed by atoms with Gasteiger partial charge in [-0.25, -0.2) is 4.39 Å². The summed E-state index contributed by atoms with van der Waals surface area (Å²) in [4.78, 5) is 23.0. The molecule has 4 rings (SSSR count). The monoisotopic (exact) mass is 428 g/mol. The van der Waals surface area contributed by atoms with Crippen LogP contribution in [0.15, 0.2) is 72.9 Å². The molecule has 4 N–H and O–H groups in total. The zero-order valence-electron chi connectivity index (χ0n) is 16.6. The molecule has 3 aromatic carbocycles. The molecule has 158 valence electrons. The standard InChI is InChI=1S/C16H11FN2O.C8H6N2O2/c17-13-6-4-11(5-7-13)16(20)19-9-8-14-12(10-18)2-1-3-15(14)19;9-4-6-3-5(8(10)12)1-2-7(6)11/h1-10,18H;1-3,11H,(H2,10,12). The van der Waals surface area contributed by atoms with E-state index < -0.39 is 5.91 Å². The quantitative estimate of drug-likeness (QED) is 0.428. The first kappa shape index (κ1) is 21.9. The van der Waals surface area contributed by atoms with Crippen LogP contribution in [0.5, 0.6) is 5.75 Å². The van der Waals surface area contributed by atoms with Gasteiger partial charge in [-0.2, -0.15) is 5.26 Å². The molecule has 8 heteroatoms. The number of benzene rings is 3. The highest BCUT2D eigenvalue weighted by Crippen LogP contribution is 2.20. The number of rotatable bonds is 3. The van der Waals surface area contributed by atoms with Crippen LogP contribution in [0.3, 0.4) is 0 Å². The minimum atomic E-state index is -0.619. The highest BCUT2D eigenvalue weighted by molar-refractivity contribution is 6.05. The number of phenolic OH excluding ortho intramolecular Hbond substituents is 1. The van der Waals surface area contributed by atoms with Gasteiger partial charge >= 0.3 is 0 Å². The summed E-state index contributed by atoms with van der Waals surface area (Å²) in [7, 11) is 0. The summed E-state index contributed by atoms with van der Waals surface area (Å²) in [5.74, 6) is -1.36. The topological polar surface area (TPSA) is 133 Å². The summed E-state index contributed by atoms with van der Waals surface area (Å²) in [5.41, 5.74) is 7.13. The minimum Gasteiger partial charge on any atom is -0.507 e. The van der Waals surface area contributed by atoms with Crippen LogP contribution in [0.2, 0.25) is 0 Å². The molecule has 32 heavy (non-hydrogen) atoms. The van der Waals surface area contributed by atoms with E-state index in [0.717, 1.165) is 16.5 Å². The van der Waals surface area contributed by atoms with E-state index in [4.69, 9.17) is 21.5 Å². The highest BCUT2D eigenvalue weighted by Gasteiger charge is 2.12. The Hall–Kier alpha value is -4.77. The molecule has 1 amide bonds. The summed E-state index contributed by atoms with van der Waals surface area (Å²) in [6.45, 7) is 0. The Labute approximate surface area is 182 Å². The molecule has 1 aromatic heterocycles. The van der Waals surface area contributed by atoms with Crippen LogP contribution in [0.4, 0.5) is 4.39 Å². The van der Waals surface area contributed by atoms with E-state index in [1.165, 1.54) is 53.2 Å². The predicted octanol–water partition coefficient (Wildman–Crippen LogP) is 3.83. The van der Waals surface area contributed by atoms with Crippen molar-refractivity contribution >= 4 is 28.9 Å². The molecule has 0 saturated carbocycles. The van der Waals surface area contributed by atoms with Gasteiger partial charge in [-0.3, -0.25) is 14.2 Å². The first-order valence-electron chi connectivity index (χ1n) is 9.29. The second-order valence-electron chi connectivity index (χ2n) is 6.63. The number of phenols is 1. The van der Waals surface area contributed by atoms with Crippen molar-refractivity contribution in [3.05, 3.63) is 101 Å². The second kappa shape index (κ2) is 9.36. The van der Waals surface area contributed by atoms with E-state index in [0.29, 0.717) is 5.56 Å². The summed E-state index contributed by atoms with van der Waals surface area (Å²) in [5, 5.41) is 25.7. The van der Waals surface area contributed by atoms with Crippen molar-refractivity contribution in [3.8, 4) is 11.8 Å². The summed E-state index contributed by atoms with van der Waals surface area (Å²) >= 11 is 0. The molecule has 0 radical (unpaired) electrons. The number of fused-ring (bicyclic) bond motifs is 1. The fraction of sp³-hybridized carbons (Fsp3) is 0. The van der Waals surface area contributed by atoms with Gasteiger partial charge in [-0.1, -0.05) is 12.1 Å². The van der Waals surface area contributed by atoms with Gasteiger partial charge in [-0.05, 0) is 54.6 Å². The number of nitriles is 1. The molecule has 0 aliphatic rings. The van der Waals surface area contributed by atoms with Gasteiger partial charge in [0.05, 0.1) is 11.1 Å². The number of amides is 1. The van der Waals surface area contributed by atoms with Crippen molar-refractivity contribution in [1.29, 1.82) is 10.7 Å². The van der Waals surface area contributed by atoms with Crippen molar-refractivity contribution in [3.63, 3.8) is 0 Å². The van der Waals surface area contributed by atoms with Gasteiger partial charge in [0.2, 0.25) is 5.91 Å². The van der Waals surface area contributed by atoms with Crippen LogP contribution < -0.4 is 5.73 Å². The molecule has 0 atom stereocenters. The Morgan fingerprint density at radius 3 is 2.38 bits per heavy atom. The lowest BCUT2D eigenvalue weighted by Gasteiger charge is -2.05. The van der Waals surface area contributed by atoms with E-state index >= 15 is 0 Å². The molecule has 0 bridgehead atoms. The number of hydrogen-bond donors (Lipinski definition) is 3. The summed E-state index contributed by atoms with van der Waals surface area (Å²) in [6, 6.07) is 18.3. The molecule has 1 heterocycles. The number of nitrogens with zero attached hydrogens (tertiary/aromatic N) is 2. The number of hydrogen-bond acceptors (Lipinski definition) is 5. The van der Waals surface area contributed by atoms with Gasteiger partial charge in [0.1, 0.15) is 17.6 Å². The normalized spacial score (nSPS) is 10.0. The predicted molar refractivity (Wildman–Crippen MR) is 117 cm³/mol. The van der Waals surface area contributed by atoms with E-state index in [1.54, 1.807) is 24.4 Å². The van der Waals surface area contributed by atoms with Crippen molar-refractivity contribution in [2.45, 2.75) is 0 Å². The lowest BCUT2D eigenvalue weighted by Crippen LogP contribution is -2.10. The Kier molecular flexibility index (Phi) is 6.42. The fourth-order valence-electron chi connectivity index (χ4n) is 3.00. The molecule has 0 aliphatic heterocycles. The number of nitrogens with one attached hydrogen (secondary N) is 1. The molecular weight excluding hydrogens is 411 g/mol. The van der Waals surface area contributed by atoms with Crippen LogP contribution in [0.25, 0.3) is 10.9 Å². The third-order valence-electron chi connectivity index (χ3n) is 4.63. The first-order chi connectivity index (χ1) is 15.3. The zero-order valence-corrected chi connectivity index (χ0v) is 16.6. The van der Waals surface area contributed by atoms with Gasteiger partial charge < -0.3 is 16.2 Å². The largest absolute Gasteiger partial charge is 0.507 e. The van der Waals surface area contributed by atoms with Crippen molar-refractivity contribution < 1.29 is 19.1 Å². The molecular formula is C24H17FN4O3. The van der Waals surface area contributed by atoms with Crippen molar-refractivity contribution in [2.24, 2.45) is 5.73 Å². The van der Waals surface area contributed by atoms with Gasteiger partial charge in [0.15, 0.2) is 0 Å². The number of nitrogens with two attached hydrogens (primary N) is 1. The van der Waals surface area contributed by atoms with Crippen LogP contribution in [0, 0.1) is 22.6 Å². The van der Waals surface area contributed by atoms with Crippen LogP contribution in [-0.4, -0.2) is 27.7 Å². The Bertz CT molecular complexity index is 1370. The van der Waals surface area contributed by atoms with E-state index in [1.807, 2.05) is 12.1 Å². The molecule has 0 unspecified atom stereocenters. The number of aromatic hydroxyl groups is 1. The zero-order chi connectivity index (χ0) is 23.3. The SMILES string of the molecule is N#Cc1cc(C(N)=O)ccc1O.N=Cc1cccc2c1ccn2C(=O)c1ccc(F)cc1. The number of aromatic nitrogens is 1. The lowest BCUT2D eigenvalue weighted by molar-refractivity contribution is 0.0963. The number of primary amides is 1. The van der Waals surface area contributed by atoms with E-state index in [2.05, 4.69) is 0 Å². The first-order valence-corrected chi connectivity index (χ1v) is 9.29. The fourth-order valence-corrected chi connectivity index (χ4v) is 3.00.